The average Bonchev–Trinajstić information content (AvgIpc) is 3.17. The van der Waals surface area contributed by atoms with E-state index in [-0.39, 0.29) is 5.91 Å². The Morgan fingerprint density at radius 3 is 2.92 bits per heavy atom. The van der Waals surface area contributed by atoms with E-state index < -0.39 is 6.10 Å². The Bertz CT molecular complexity index is 834. The van der Waals surface area contributed by atoms with Crippen LogP contribution in [0.5, 0.6) is 5.75 Å². The third-order valence-electron chi connectivity index (χ3n) is 4.87. The lowest BCUT2D eigenvalue weighted by molar-refractivity contribution is -0.139. The molecule has 1 aromatic carbocycles. The number of halogens is 2. The third kappa shape index (κ3) is 3.11. The summed E-state index contributed by atoms with van der Waals surface area (Å²) in [7, 11) is 0. The fourth-order valence-corrected chi connectivity index (χ4v) is 4.06. The van der Waals surface area contributed by atoms with E-state index in [2.05, 4.69) is 9.78 Å². The Morgan fingerprint density at radius 2 is 2.12 bits per heavy atom. The topological polar surface area (TPSA) is 47.4 Å². The van der Waals surface area contributed by atoms with E-state index in [1.807, 2.05) is 4.90 Å². The molecular weight excluding hydrogens is 361 g/mol. The lowest BCUT2D eigenvalue weighted by Crippen LogP contribution is -2.44. The molecule has 1 atom stereocenters. The molecule has 7 heteroatoms. The first-order valence-electron chi connectivity index (χ1n) is 8.51. The van der Waals surface area contributed by atoms with E-state index in [0.717, 1.165) is 25.8 Å². The van der Waals surface area contributed by atoms with Crippen molar-refractivity contribution in [2.75, 3.05) is 6.54 Å². The highest BCUT2D eigenvalue weighted by Crippen LogP contribution is 2.30. The molecule has 2 aromatic rings. The van der Waals surface area contributed by atoms with Gasteiger partial charge in [-0.15, -0.1) is 0 Å². The maximum atomic E-state index is 12.8. The van der Waals surface area contributed by atoms with Crippen LogP contribution in [0.1, 0.15) is 30.3 Å². The predicted molar refractivity (Wildman–Crippen MR) is 96.2 cm³/mol. The lowest BCUT2D eigenvalue weighted by atomic mass is 10.1. The number of hydrogen-bond acceptors (Lipinski definition) is 3. The van der Waals surface area contributed by atoms with Crippen molar-refractivity contribution in [3.05, 3.63) is 45.2 Å². The van der Waals surface area contributed by atoms with Crippen LogP contribution < -0.4 is 4.74 Å². The van der Waals surface area contributed by atoms with Gasteiger partial charge in [-0.05, 0) is 49.9 Å². The van der Waals surface area contributed by atoms with Crippen molar-refractivity contribution in [1.29, 1.82) is 0 Å². The molecule has 5 nitrogen and oxygen atoms in total. The van der Waals surface area contributed by atoms with Crippen molar-refractivity contribution in [2.45, 2.75) is 45.4 Å². The van der Waals surface area contributed by atoms with Crippen LogP contribution in [0.15, 0.2) is 18.2 Å². The van der Waals surface area contributed by atoms with Crippen molar-refractivity contribution in [3.8, 4) is 5.75 Å². The zero-order valence-corrected chi connectivity index (χ0v) is 15.5. The highest BCUT2D eigenvalue weighted by Gasteiger charge is 2.31. The number of benzene rings is 1. The van der Waals surface area contributed by atoms with Gasteiger partial charge >= 0.3 is 0 Å². The third-order valence-corrected chi connectivity index (χ3v) is 5.40. The van der Waals surface area contributed by atoms with Crippen molar-refractivity contribution in [2.24, 2.45) is 0 Å². The normalized spacial score (nSPS) is 17.2. The van der Waals surface area contributed by atoms with Crippen LogP contribution in [0.4, 0.5) is 0 Å². The Morgan fingerprint density at radius 1 is 1.28 bits per heavy atom. The van der Waals surface area contributed by atoms with Gasteiger partial charge in [0.05, 0.1) is 29.5 Å². The minimum atomic E-state index is -0.610. The highest BCUT2D eigenvalue weighted by atomic mass is 35.5. The molecule has 4 rings (SSSR count). The minimum Gasteiger partial charge on any atom is -0.479 e. The average molecular weight is 380 g/mol. The van der Waals surface area contributed by atoms with Gasteiger partial charge in [0.1, 0.15) is 5.75 Å². The molecule has 1 aliphatic heterocycles. The van der Waals surface area contributed by atoms with Crippen LogP contribution in [0.2, 0.25) is 10.0 Å². The molecule has 1 aliphatic carbocycles. The maximum absolute atomic E-state index is 12.8. The summed E-state index contributed by atoms with van der Waals surface area (Å²) in [6.45, 7) is 3.74. The fraction of sp³-hybridized carbons (Fsp3) is 0.444. The van der Waals surface area contributed by atoms with E-state index in [0.29, 0.717) is 28.9 Å². The Kier molecular flexibility index (Phi) is 4.38. The molecule has 1 amide bonds. The monoisotopic (exact) mass is 379 g/mol. The summed E-state index contributed by atoms with van der Waals surface area (Å²) in [5, 5.41) is 5.62. The summed E-state index contributed by atoms with van der Waals surface area (Å²) < 4.78 is 7.84. The molecule has 2 aliphatic rings. The van der Waals surface area contributed by atoms with Crippen LogP contribution in [-0.2, 0) is 30.7 Å². The fourth-order valence-electron chi connectivity index (χ4n) is 3.60. The number of carbonyl (C=O) groups excluding carboxylic acids is 1. The number of rotatable bonds is 3. The first-order chi connectivity index (χ1) is 12.0. The molecule has 1 aromatic heterocycles. The SMILES string of the molecule is CC(Oc1ccc(Cl)cc1Cl)C(=O)N1CCn2nc3c(c2C1)CCC3. The Hall–Kier alpha value is -1.72. The van der Waals surface area contributed by atoms with Gasteiger partial charge in [0, 0.05) is 11.6 Å². The van der Waals surface area contributed by atoms with E-state index in [1.54, 1.807) is 25.1 Å². The van der Waals surface area contributed by atoms with Gasteiger partial charge in [-0.2, -0.15) is 5.10 Å². The molecule has 0 saturated carbocycles. The van der Waals surface area contributed by atoms with Gasteiger partial charge < -0.3 is 9.64 Å². The number of hydrogen-bond donors (Lipinski definition) is 0. The number of aryl methyl sites for hydroxylation is 1. The van der Waals surface area contributed by atoms with Crippen LogP contribution in [0.3, 0.4) is 0 Å². The number of carbonyl (C=O) groups is 1. The van der Waals surface area contributed by atoms with Gasteiger partial charge in [0.15, 0.2) is 6.10 Å². The quantitative estimate of drug-likeness (QED) is 0.819. The lowest BCUT2D eigenvalue weighted by Gasteiger charge is -2.30. The number of amides is 1. The molecular formula is C18H19Cl2N3O2. The molecule has 0 fully saturated rings. The summed E-state index contributed by atoms with van der Waals surface area (Å²) >= 11 is 12.0. The van der Waals surface area contributed by atoms with Gasteiger partial charge in [-0.1, -0.05) is 23.2 Å². The number of ether oxygens (including phenoxy) is 1. The number of fused-ring (bicyclic) bond motifs is 3. The largest absolute Gasteiger partial charge is 0.479 e. The predicted octanol–water partition coefficient (Wildman–Crippen LogP) is 3.49. The molecule has 0 radical (unpaired) electrons. The van der Waals surface area contributed by atoms with Crippen LogP contribution >= 0.6 is 23.2 Å². The van der Waals surface area contributed by atoms with Crippen molar-refractivity contribution in [1.82, 2.24) is 14.7 Å². The van der Waals surface area contributed by atoms with Gasteiger partial charge in [-0.3, -0.25) is 9.48 Å². The molecule has 132 valence electrons. The minimum absolute atomic E-state index is 0.0368. The van der Waals surface area contributed by atoms with Crippen molar-refractivity contribution in [3.63, 3.8) is 0 Å². The van der Waals surface area contributed by atoms with Crippen molar-refractivity contribution >= 4 is 29.1 Å². The number of aromatic nitrogens is 2. The first kappa shape index (κ1) is 16.7. The van der Waals surface area contributed by atoms with E-state index in [4.69, 9.17) is 27.9 Å². The van der Waals surface area contributed by atoms with Crippen LogP contribution in [0.25, 0.3) is 0 Å². The Balaban J connectivity index is 1.47. The summed E-state index contributed by atoms with van der Waals surface area (Å²) in [6, 6.07) is 4.99. The molecule has 0 spiro atoms. The second-order valence-electron chi connectivity index (χ2n) is 6.54. The summed E-state index contributed by atoms with van der Waals surface area (Å²) in [5.74, 6) is 0.431. The molecule has 0 N–H and O–H groups in total. The smallest absolute Gasteiger partial charge is 0.263 e. The standard InChI is InChI=1S/C18H19Cl2N3O2/c1-11(25-17-6-5-12(19)9-14(17)20)18(24)22-7-8-23-16(10-22)13-3-2-4-15(13)21-23/h5-6,9,11H,2-4,7-8,10H2,1H3. The summed E-state index contributed by atoms with van der Waals surface area (Å²) in [5.41, 5.74) is 3.73. The van der Waals surface area contributed by atoms with Gasteiger partial charge in [0.25, 0.3) is 5.91 Å². The second kappa shape index (κ2) is 6.54. The van der Waals surface area contributed by atoms with E-state index in [9.17, 15) is 4.79 Å². The summed E-state index contributed by atoms with van der Waals surface area (Å²) in [6.07, 6.45) is 2.67. The maximum Gasteiger partial charge on any atom is 0.263 e. The van der Waals surface area contributed by atoms with Gasteiger partial charge in [-0.25, -0.2) is 0 Å². The zero-order chi connectivity index (χ0) is 17.6. The zero-order valence-electron chi connectivity index (χ0n) is 14.0. The molecule has 2 heterocycles. The number of nitrogens with zero attached hydrogens (tertiary/aromatic N) is 3. The van der Waals surface area contributed by atoms with Crippen LogP contribution in [-0.4, -0.2) is 33.2 Å². The van der Waals surface area contributed by atoms with E-state index >= 15 is 0 Å². The molecule has 0 bridgehead atoms. The second-order valence-corrected chi connectivity index (χ2v) is 7.39. The molecule has 25 heavy (non-hydrogen) atoms. The molecule has 0 saturated heterocycles. The van der Waals surface area contributed by atoms with E-state index in [1.165, 1.54) is 17.0 Å². The summed E-state index contributed by atoms with van der Waals surface area (Å²) in [4.78, 5) is 14.7. The molecule has 1 unspecified atom stereocenters. The highest BCUT2D eigenvalue weighted by molar-refractivity contribution is 6.35. The Labute approximate surface area is 156 Å². The van der Waals surface area contributed by atoms with Gasteiger partial charge in [0.2, 0.25) is 0 Å². The van der Waals surface area contributed by atoms with Crippen molar-refractivity contribution < 1.29 is 9.53 Å². The first-order valence-corrected chi connectivity index (χ1v) is 9.26. The van der Waals surface area contributed by atoms with Crippen LogP contribution in [0, 0.1) is 0 Å².